The van der Waals surface area contributed by atoms with Gasteiger partial charge in [-0.05, 0) is 25.0 Å². The lowest BCUT2D eigenvalue weighted by Crippen LogP contribution is -2.50. The number of rotatable bonds is 6. The Balaban J connectivity index is 1.82. The summed E-state index contributed by atoms with van der Waals surface area (Å²) in [5.74, 6) is -0.329. The molecule has 150 valence electrons. The van der Waals surface area contributed by atoms with Crippen molar-refractivity contribution >= 4 is 39.9 Å². The minimum atomic E-state index is -1.29. The summed E-state index contributed by atoms with van der Waals surface area (Å²) in [6.07, 6.45) is 4.32. The molecule has 1 fully saturated rings. The highest BCUT2D eigenvalue weighted by Gasteiger charge is 2.33. The van der Waals surface area contributed by atoms with E-state index < -0.39 is 11.4 Å². The topological polar surface area (TPSA) is 105 Å². The summed E-state index contributed by atoms with van der Waals surface area (Å²) in [7, 11) is 0. The fourth-order valence-electron chi connectivity index (χ4n) is 3.59. The fraction of sp³-hybridized carbons (Fsp3) is 0.350. The first-order valence-electron chi connectivity index (χ1n) is 9.38. The number of anilines is 1. The maximum absolute atomic E-state index is 12.8. The smallest absolute Gasteiger partial charge is 0.341 e. The van der Waals surface area contributed by atoms with Crippen LogP contribution in [-0.2, 0) is 4.79 Å². The lowest BCUT2D eigenvalue weighted by Gasteiger charge is -2.39. The van der Waals surface area contributed by atoms with Crippen LogP contribution in [0.2, 0.25) is 0 Å². The summed E-state index contributed by atoms with van der Waals surface area (Å²) in [4.78, 5) is 47.4. The van der Waals surface area contributed by atoms with Gasteiger partial charge in [-0.1, -0.05) is 6.92 Å². The predicted octanol–water partition coefficient (Wildman–Crippen LogP) is 2.65. The van der Waals surface area contributed by atoms with Gasteiger partial charge in [0, 0.05) is 37.3 Å². The van der Waals surface area contributed by atoms with Crippen molar-refractivity contribution in [3.05, 3.63) is 45.2 Å². The Labute approximate surface area is 170 Å². The molecule has 3 aromatic heterocycles. The molecule has 4 rings (SSSR count). The molecule has 1 aliphatic heterocycles. The zero-order valence-electron chi connectivity index (χ0n) is 16.1. The molecule has 0 unspecified atom stereocenters. The second kappa shape index (κ2) is 7.40. The molecule has 1 saturated heterocycles. The average Bonchev–Trinajstić information content (AvgIpc) is 3.14. The monoisotopic (exact) mass is 412 g/mol. The molecule has 8 nitrogen and oxygen atoms in total. The van der Waals surface area contributed by atoms with Crippen LogP contribution >= 0.6 is 11.3 Å². The molecule has 0 radical (unpaired) electrons. The highest BCUT2D eigenvalue weighted by atomic mass is 32.1. The number of nitrogens with zero attached hydrogens (tertiary/aromatic N) is 4. The molecule has 0 aliphatic carbocycles. The molecule has 0 aromatic carbocycles. The highest BCUT2D eigenvalue weighted by Crippen LogP contribution is 2.29. The van der Waals surface area contributed by atoms with E-state index in [0.29, 0.717) is 41.7 Å². The van der Waals surface area contributed by atoms with E-state index in [-0.39, 0.29) is 22.7 Å². The lowest BCUT2D eigenvalue weighted by atomic mass is 9.92. The molecule has 4 heterocycles. The van der Waals surface area contributed by atoms with Crippen LogP contribution in [0.3, 0.4) is 0 Å². The Morgan fingerprint density at radius 2 is 2.10 bits per heavy atom. The van der Waals surface area contributed by atoms with Gasteiger partial charge in [-0.2, -0.15) is 0 Å². The van der Waals surface area contributed by atoms with Crippen LogP contribution in [0, 0.1) is 12.8 Å². The van der Waals surface area contributed by atoms with Gasteiger partial charge in [0.2, 0.25) is 5.43 Å². The summed E-state index contributed by atoms with van der Waals surface area (Å²) in [5.41, 5.74) is 0.135. The number of hydrogen-bond donors (Lipinski definition) is 1. The Bertz CT molecular complexity index is 1160. The highest BCUT2D eigenvalue weighted by molar-refractivity contribution is 7.12. The second-order valence-electron chi connectivity index (χ2n) is 7.18. The van der Waals surface area contributed by atoms with Crippen molar-refractivity contribution in [3.63, 3.8) is 0 Å². The Hall–Kier alpha value is -3.07. The first-order valence-corrected chi connectivity index (χ1v) is 10.3. The molecule has 0 amide bonds. The molecule has 0 atom stereocenters. The largest absolute Gasteiger partial charge is 0.477 e. The van der Waals surface area contributed by atoms with Crippen LogP contribution in [0.15, 0.2) is 28.6 Å². The maximum atomic E-state index is 12.8. The van der Waals surface area contributed by atoms with E-state index in [4.69, 9.17) is 0 Å². The number of fused-ring (bicyclic) bond motifs is 1. The van der Waals surface area contributed by atoms with Crippen molar-refractivity contribution in [1.82, 2.24) is 14.5 Å². The number of carbonyl (C=O) groups excluding carboxylic acids is 1. The lowest BCUT2D eigenvalue weighted by molar-refractivity contribution is -0.123. The van der Waals surface area contributed by atoms with Crippen molar-refractivity contribution < 1.29 is 14.7 Å². The van der Waals surface area contributed by atoms with Crippen LogP contribution in [0.25, 0.3) is 16.2 Å². The predicted molar refractivity (Wildman–Crippen MR) is 110 cm³/mol. The third-order valence-corrected chi connectivity index (χ3v) is 5.93. The van der Waals surface area contributed by atoms with Gasteiger partial charge in [-0.3, -0.25) is 14.2 Å². The Kier molecular flexibility index (Phi) is 4.91. The van der Waals surface area contributed by atoms with Crippen molar-refractivity contribution in [1.29, 1.82) is 0 Å². The minimum Gasteiger partial charge on any atom is -0.477 e. The molecule has 1 aliphatic rings. The molecule has 1 N–H and O–H groups in total. The molecule has 0 bridgehead atoms. The van der Waals surface area contributed by atoms with Crippen molar-refractivity contribution in [2.75, 3.05) is 18.0 Å². The number of aromatic nitrogens is 3. The van der Waals surface area contributed by atoms with Crippen LogP contribution in [0.5, 0.6) is 0 Å². The van der Waals surface area contributed by atoms with Gasteiger partial charge in [0.25, 0.3) is 0 Å². The summed E-state index contributed by atoms with van der Waals surface area (Å²) in [5, 5.41) is 12.0. The van der Waals surface area contributed by atoms with E-state index >= 15 is 0 Å². The van der Waals surface area contributed by atoms with Crippen molar-refractivity contribution in [2.24, 2.45) is 5.92 Å². The Morgan fingerprint density at radius 3 is 2.72 bits per heavy atom. The maximum Gasteiger partial charge on any atom is 0.341 e. The summed E-state index contributed by atoms with van der Waals surface area (Å²) >= 11 is 1.33. The number of Topliss-reactive ketones (excluding diaryl/α,β-unsaturated/α-hetero) is 1. The number of carboxylic acids is 1. The summed E-state index contributed by atoms with van der Waals surface area (Å²) < 4.78 is 1.56. The van der Waals surface area contributed by atoms with Gasteiger partial charge in [0.05, 0.1) is 11.3 Å². The molecule has 9 heteroatoms. The molecular formula is C20H20N4O4S. The minimum absolute atomic E-state index is 0.0169. The second-order valence-corrected chi connectivity index (χ2v) is 8.05. The number of aromatic carboxylic acids is 1. The summed E-state index contributed by atoms with van der Waals surface area (Å²) in [6.45, 7) is 4.97. The Morgan fingerprint density at radius 1 is 1.34 bits per heavy atom. The van der Waals surface area contributed by atoms with Gasteiger partial charge >= 0.3 is 5.97 Å². The number of aryl methyl sites for hydroxylation is 1. The molecular weight excluding hydrogens is 392 g/mol. The first-order chi connectivity index (χ1) is 13.9. The average molecular weight is 412 g/mol. The number of hydrogen-bond acceptors (Lipinski definition) is 7. The zero-order chi connectivity index (χ0) is 20.7. The quantitative estimate of drug-likeness (QED) is 0.663. The molecule has 29 heavy (non-hydrogen) atoms. The zero-order valence-corrected chi connectivity index (χ0v) is 16.9. The molecule has 0 saturated carbocycles. The van der Waals surface area contributed by atoms with Gasteiger partial charge in [-0.25, -0.2) is 14.8 Å². The van der Waals surface area contributed by atoms with E-state index in [1.54, 1.807) is 29.1 Å². The van der Waals surface area contributed by atoms with Crippen LogP contribution in [-0.4, -0.2) is 44.5 Å². The van der Waals surface area contributed by atoms with E-state index in [0.717, 1.165) is 6.42 Å². The molecule has 0 spiro atoms. The van der Waals surface area contributed by atoms with Gasteiger partial charge in [-0.15, -0.1) is 11.3 Å². The normalized spacial score (nSPS) is 14.2. The van der Waals surface area contributed by atoms with E-state index in [1.807, 2.05) is 11.8 Å². The van der Waals surface area contributed by atoms with Crippen molar-refractivity contribution in [2.45, 2.75) is 26.7 Å². The van der Waals surface area contributed by atoms with E-state index in [1.165, 1.54) is 17.5 Å². The first kappa shape index (κ1) is 19.3. The van der Waals surface area contributed by atoms with Crippen LogP contribution in [0.4, 0.5) is 5.82 Å². The van der Waals surface area contributed by atoms with Gasteiger partial charge in [0.15, 0.2) is 10.8 Å². The molecule has 3 aromatic rings. The third-order valence-electron chi connectivity index (χ3n) is 5.16. The summed E-state index contributed by atoms with van der Waals surface area (Å²) in [6, 6.07) is 1.78. The number of carbonyl (C=O) groups is 2. The number of pyridine rings is 2. The van der Waals surface area contributed by atoms with E-state index in [9.17, 15) is 19.5 Å². The standard InChI is InChI=1S/C20H20N4O4S/c1-3-4-14(25)12-8-23(9-12)15-7-11(2)16-17(26)13(19(27)28)10-24(18(16)22-15)20-21-5-6-29-20/h5-7,10,12H,3-4,8-9H2,1-2H3,(H,27,28). The van der Waals surface area contributed by atoms with Crippen LogP contribution in [0.1, 0.15) is 35.7 Å². The number of ketones is 1. The van der Waals surface area contributed by atoms with Crippen LogP contribution < -0.4 is 10.3 Å². The van der Waals surface area contributed by atoms with Gasteiger partial charge < -0.3 is 10.0 Å². The van der Waals surface area contributed by atoms with E-state index in [2.05, 4.69) is 9.97 Å². The van der Waals surface area contributed by atoms with Gasteiger partial charge in [0.1, 0.15) is 17.2 Å². The SMILES string of the molecule is CCCC(=O)C1CN(c2cc(C)c3c(=O)c(C(=O)O)cn(-c4nccs4)c3n2)C1. The fourth-order valence-corrected chi connectivity index (χ4v) is 4.21. The number of thiazole rings is 1. The van der Waals surface area contributed by atoms with Crippen molar-refractivity contribution in [3.8, 4) is 5.13 Å². The third kappa shape index (κ3) is 3.31. The number of carboxylic acid groups (broad SMARTS) is 1.